The smallest absolute Gasteiger partial charge is 0.273 e. The lowest BCUT2D eigenvalue weighted by Gasteiger charge is -2.08. The Bertz CT molecular complexity index is 453. The molecule has 7 nitrogen and oxygen atoms in total. The standard InChI is InChI=1S/C12H21N5O2/c1-7(2)6-15-9(18)4-5-14-12(19)11-10(13)8(3)16-17-11/h7H,4-6,13H2,1-3H3,(H,14,19)(H,15,18)(H,16,17). The average Bonchev–Trinajstić information content (AvgIpc) is 2.67. The van der Waals surface area contributed by atoms with Crippen LogP contribution >= 0.6 is 0 Å². The first-order valence-electron chi connectivity index (χ1n) is 6.27. The molecule has 19 heavy (non-hydrogen) atoms. The van der Waals surface area contributed by atoms with Gasteiger partial charge in [-0.3, -0.25) is 14.7 Å². The van der Waals surface area contributed by atoms with Crippen LogP contribution in [-0.2, 0) is 4.79 Å². The molecule has 0 aliphatic rings. The summed E-state index contributed by atoms with van der Waals surface area (Å²) in [4.78, 5) is 23.1. The molecule has 1 rings (SSSR count). The third-order valence-corrected chi connectivity index (χ3v) is 2.55. The first-order valence-corrected chi connectivity index (χ1v) is 6.27. The molecule has 0 aliphatic carbocycles. The van der Waals surface area contributed by atoms with E-state index in [2.05, 4.69) is 20.8 Å². The van der Waals surface area contributed by atoms with Crippen LogP contribution in [0.1, 0.15) is 36.5 Å². The number of aryl methyl sites for hydroxylation is 1. The first-order chi connectivity index (χ1) is 8.91. The number of rotatable bonds is 6. The predicted molar refractivity (Wildman–Crippen MR) is 72.5 cm³/mol. The molecular formula is C12H21N5O2. The number of anilines is 1. The summed E-state index contributed by atoms with van der Waals surface area (Å²) in [7, 11) is 0. The van der Waals surface area contributed by atoms with Crippen molar-refractivity contribution in [1.29, 1.82) is 0 Å². The number of aromatic amines is 1. The Morgan fingerprint density at radius 3 is 2.58 bits per heavy atom. The Hall–Kier alpha value is -2.05. The SMILES string of the molecule is Cc1[nH]nc(C(=O)NCCC(=O)NCC(C)C)c1N. The molecule has 0 unspecified atom stereocenters. The Labute approximate surface area is 112 Å². The summed E-state index contributed by atoms with van der Waals surface area (Å²) in [5, 5.41) is 11.8. The molecule has 1 aromatic heterocycles. The van der Waals surface area contributed by atoms with Crippen LogP contribution in [0.15, 0.2) is 0 Å². The normalized spacial score (nSPS) is 10.5. The van der Waals surface area contributed by atoms with E-state index in [0.29, 0.717) is 23.8 Å². The molecule has 1 aromatic rings. The minimum atomic E-state index is -0.376. The van der Waals surface area contributed by atoms with Crippen LogP contribution in [0.4, 0.5) is 5.69 Å². The van der Waals surface area contributed by atoms with Crippen LogP contribution in [0.25, 0.3) is 0 Å². The zero-order valence-electron chi connectivity index (χ0n) is 11.5. The van der Waals surface area contributed by atoms with Gasteiger partial charge in [0.1, 0.15) is 0 Å². The number of carbonyl (C=O) groups excluding carboxylic acids is 2. The molecule has 0 spiro atoms. The monoisotopic (exact) mass is 267 g/mol. The van der Waals surface area contributed by atoms with Gasteiger partial charge in [0.15, 0.2) is 5.69 Å². The fourth-order valence-electron chi connectivity index (χ4n) is 1.39. The minimum Gasteiger partial charge on any atom is -0.395 e. The van der Waals surface area contributed by atoms with Crippen molar-refractivity contribution < 1.29 is 9.59 Å². The highest BCUT2D eigenvalue weighted by Crippen LogP contribution is 2.11. The van der Waals surface area contributed by atoms with Crippen molar-refractivity contribution in [2.75, 3.05) is 18.8 Å². The molecule has 0 atom stereocenters. The van der Waals surface area contributed by atoms with E-state index >= 15 is 0 Å². The van der Waals surface area contributed by atoms with Gasteiger partial charge < -0.3 is 16.4 Å². The van der Waals surface area contributed by atoms with E-state index in [0.717, 1.165) is 0 Å². The molecule has 0 radical (unpaired) electrons. The highest BCUT2D eigenvalue weighted by Gasteiger charge is 2.14. The molecule has 0 bridgehead atoms. The van der Waals surface area contributed by atoms with Crippen LogP contribution in [-0.4, -0.2) is 35.1 Å². The quantitative estimate of drug-likeness (QED) is 0.589. The predicted octanol–water partition coefficient (Wildman–Crippen LogP) is 0.192. The number of amides is 2. The van der Waals surface area contributed by atoms with Crippen molar-refractivity contribution in [3.8, 4) is 0 Å². The van der Waals surface area contributed by atoms with Gasteiger partial charge >= 0.3 is 0 Å². The lowest BCUT2D eigenvalue weighted by Crippen LogP contribution is -2.32. The Balaban J connectivity index is 2.31. The summed E-state index contributed by atoms with van der Waals surface area (Å²) >= 11 is 0. The Morgan fingerprint density at radius 2 is 2.05 bits per heavy atom. The van der Waals surface area contributed by atoms with E-state index in [9.17, 15) is 9.59 Å². The average molecular weight is 267 g/mol. The van der Waals surface area contributed by atoms with E-state index in [1.54, 1.807) is 6.92 Å². The van der Waals surface area contributed by atoms with Crippen LogP contribution in [0.3, 0.4) is 0 Å². The van der Waals surface area contributed by atoms with Gasteiger partial charge in [0.05, 0.1) is 11.4 Å². The number of carbonyl (C=O) groups is 2. The summed E-state index contributed by atoms with van der Waals surface area (Å²) in [6.07, 6.45) is 0.238. The summed E-state index contributed by atoms with van der Waals surface area (Å²) in [5.74, 6) is -0.0518. The van der Waals surface area contributed by atoms with Crippen molar-refractivity contribution in [1.82, 2.24) is 20.8 Å². The second-order valence-corrected chi connectivity index (χ2v) is 4.81. The second kappa shape index (κ2) is 6.77. The summed E-state index contributed by atoms with van der Waals surface area (Å²) < 4.78 is 0. The van der Waals surface area contributed by atoms with Gasteiger partial charge in [-0.05, 0) is 12.8 Å². The number of nitrogens with two attached hydrogens (primary N) is 1. The van der Waals surface area contributed by atoms with Crippen LogP contribution in [0.2, 0.25) is 0 Å². The zero-order chi connectivity index (χ0) is 14.4. The van der Waals surface area contributed by atoms with E-state index < -0.39 is 0 Å². The molecule has 2 amide bonds. The summed E-state index contributed by atoms with van der Waals surface area (Å²) in [5.41, 5.74) is 6.84. The maximum Gasteiger partial charge on any atom is 0.273 e. The number of H-pyrrole nitrogens is 1. The molecule has 1 heterocycles. The van der Waals surface area contributed by atoms with E-state index in [4.69, 9.17) is 5.73 Å². The van der Waals surface area contributed by atoms with Gasteiger partial charge in [0.25, 0.3) is 5.91 Å². The van der Waals surface area contributed by atoms with Crippen molar-refractivity contribution in [2.45, 2.75) is 27.2 Å². The number of nitrogens with one attached hydrogen (secondary N) is 3. The van der Waals surface area contributed by atoms with Gasteiger partial charge in [0.2, 0.25) is 5.91 Å². The maximum absolute atomic E-state index is 11.7. The van der Waals surface area contributed by atoms with E-state index in [1.165, 1.54) is 0 Å². The molecule has 0 aromatic carbocycles. The third-order valence-electron chi connectivity index (χ3n) is 2.55. The highest BCUT2D eigenvalue weighted by molar-refractivity contribution is 5.97. The minimum absolute atomic E-state index is 0.0832. The van der Waals surface area contributed by atoms with Crippen LogP contribution < -0.4 is 16.4 Å². The Kier molecular flexibility index (Phi) is 5.35. The maximum atomic E-state index is 11.7. The topological polar surface area (TPSA) is 113 Å². The molecule has 106 valence electrons. The zero-order valence-corrected chi connectivity index (χ0v) is 11.5. The summed E-state index contributed by atoms with van der Waals surface area (Å²) in [6.45, 7) is 6.67. The van der Waals surface area contributed by atoms with Crippen molar-refractivity contribution in [2.24, 2.45) is 5.92 Å². The van der Waals surface area contributed by atoms with Crippen molar-refractivity contribution in [3.05, 3.63) is 11.4 Å². The number of nitrogens with zero attached hydrogens (tertiary/aromatic N) is 1. The van der Waals surface area contributed by atoms with E-state index in [1.807, 2.05) is 13.8 Å². The second-order valence-electron chi connectivity index (χ2n) is 4.81. The number of nitrogen functional groups attached to an aromatic ring is 1. The van der Waals surface area contributed by atoms with Gasteiger partial charge in [-0.25, -0.2) is 0 Å². The molecule has 5 N–H and O–H groups in total. The highest BCUT2D eigenvalue weighted by atomic mass is 16.2. The molecule has 0 saturated heterocycles. The number of hydrogen-bond donors (Lipinski definition) is 4. The van der Waals surface area contributed by atoms with E-state index in [-0.39, 0.29) is 30.5 Å². The van der Waals surface area contributed by atoms with Crippen LogP contribution in [0.5, 0.6) is 0 Å². The van der Waals surface area contributed by atoms with Gasteiger partial charge in [-0.2, -0.15) is 5.10 Å². The molecule has 7 heteroatoms. The molecular weight excluding hydrogens is 246 g/mol. The summed E-state index contributed by atoms with van der Waals surface area (Å²) in [6, 6.07) is 0. The molecule has 0 aliphatic heterocycles. The number of aromatic nitrogens is 2. The fraction of sp³-hybridized carbons (Fsp3) is 0.583. The fourth-order valence-corrected chi connectivity index (χ4v) is 1.39. The first kappa shape index (κ1) is 15.0. The van der Waals surface area contributed by atoms with Gasteiger partial charge in [-0.1, -0.05) is 13.8 Å². The Morgan fingerprint density at radius 1 is 1.37 bits per heavy atom. The molecule has 0 saturated carbocycles. The lowest BCUT2D eigenvalue weighted by atomic mass is 10.2. The lowest BCUT2D eigenvalue weighted by molar-refractivity contribution is -0.121. The van der Waals surface area contributed by atoms with Crippen molar-refractivity contribution >= 4 is 17.5 Å². The van der Waals surface area contributed by atoms with Crippen LogP contribution in [0, 0.1) is 12.8 Å². The molecule has 0 fully saturated rings. The largest absolute Gasteiger partial charge is 0.395 e. The number of hydrogen-bond acceptors (Lipinski definition) is 4. The van der Waals surface area contributed by atoms with Gasteiger partial charge in [0, 0.05) is 19.5 Å². The van der Waals surface area contributed by atoms with Crippen molar-refractivity contribution in [3.63, 3.8) is 0 Å². The van der Waals surface area contributed by atoms with Gasteiger partial charge in [-0.15, -0.1) is 0 Å². The third kappa shape index (κ3) is 4.61.